The van der Waals surface area contributed by atoms with Crippen LogP contribution in [-0.2, 0) is 24.2 Å². The lowest BCUT2D eigenvalue weighted by atomic mass is 10.0. The zero-order valence-electron chi connectivity index (χ0n) is 10.7. The molecule has 1 rings (SSSR count). The molecule has 0 radical (unpaired) electrons. The summed E-state index contributed by atoms with van der Waals surface area (Å²) in [5.74, 6) is -3.87. The zero-order valence-corrected chi connectivity index (χ0v) is 11.5. The second-order valence-corrected chi connectivity index (χ2v) is 6.86. The number of hydrogen-bond acceptors (Lipinski definition) is 5. The summed E-state index contributed by atoms with van der Waals surface area (Å²) in [6.07, 6.45) is 0. The molecule has 1 unspecified atom stereocenters. The van der Waals surface area contributed by atoms with Gasteiger partial charge in [0.1, 0.15) is 4.75 Å². The minimum atomic E-state index is -4.59. The molecule has 0 saturated heterocycles. The second-order valence-electron chi connectivity index (χ2n) is 4.40. The molecule has 8 heteroatoms. The monoisotopic (exact) mass is 301 g/mol. The number of rotatable bonds is 6. The molecule has 0 fully saturated rings. The molecule has 0 saturated carbocycles. The number of carbonyl (C=O) groups is 2. The molecule has 0 spiro atoms. The van der Waals surface area contributed by atoms with Gasteiger partial charge in [-0.25, -0.2) is 8.42 Å². The van der Waals surface area contributed by atoms with E-state index in [1.807, 2.05) is 0 Å². The SMILES string of the molecule is CC(CN)(c1ccccc1)S(=O)(=O)C(C(=O)O)C(=O)O. The molecule has 4 N–H and O–H groups in total. The summed E-state index contributed by atoms with van der Waals surface area (Å²) in [5, 5.41) is 15.2. The van der Waals surface area contributed by atoms with E-state index in [1.165, 1.54) is 19.1 Å². The fourth-order valence-electron chi connectivity index (χ4n) is 1.82. The van der Waals surface area contributed by atoms with Gasteiger partial charge in [0.15, 0.2) is 9.84 Å². The summed E-state index contributed by atoms with van der Waals surface area (Å²) in [5.41, 5.74) is 5.74. The molecule has 1 aromatic carbocycles. The van der Waals surface area contributed by atoms with Gasteiger partial charge in [0, 0.05) is 6.54 Å². The standard InChI is InChI=1S/C12H15NO6S/c1-12(7-13,8-5-3-2-4-6-8)20(18,19)9(10(14)15)11(16)17/h2-6,9H,7,13H2,1H3,(H,14,15)(H,16,17). The van der Waals surface area contributed by atoms with Crippen LogP contribution in [0.5, 0.6) is 0 Å². The first-order valence-corrected chi connectivity index (χ1v) is 7.17. The molecular formula is C12H15NO6S. The fraction of sp³-hybridized carbons (Fsp3) is 0.333. The largest absolute Gasteiger partial charge is 0.480 e. The van der Waals surface area contributed by atoms with Crippen LogP contribution in [0.4, 0.5) is 0 Å². The van der Waals surface area contributed by atoms with Crippen molar-refractivity contribution in [3.05, 3.63) is 35.9 Å². The first kappa shape index (κ1) is 16.1. The Hall–Kier alpha value is -1.93. The van der Waals surface area contributed by atoms with Crippen molar-refractivity contribution in [1.82, 2.24) is 0 Å². The highest BCUT2D eigenvalue weighted by molar-refractivity contribution is 7.94. The van der Waals surface area contributed by atoms with Crippen molar-refractivity contribution >= 4 is 21.8 Å². The van der Waals surface area contributed by atoms with Gasteiger partial charge in [-0.3, -0.25) is 9.59 Å². The molecule has 7 nitrogen and oxygen atoms in total. The highest BCUT2D eigenvalue weighted by Crippen LogP contribution is 2.32. The van der Waals surface area contributed by atoms with E-state index in [2.05, 4.69) is 0 Å². The number of carboxylic acid groups (broad SMARTS) is 2. The smallest absolute Gasteiger partial charge is 0.333 e. The minimum Gasteiger partial charge on any atom is -0.480 e. The van der Waals surface area contributed by atoms with Gasteiger partial charge >= 0.3 is 11.9 Å². The number of nitrogens with two attached hydrogens (primary N) is 1. The van der Waals surface area contributed by atoms with E-state index in [-0.39, 0.29) is 5.56 Å². The molecule has 0 aromatic heterocycles. The summed E-state index contributed by atoms with van der Waals surface area (Å²) in [6, 6.07) is 7.71. The summed E-state index contributed by atoms with van der Waals surface area (Å²) in [7, 11) is -4.59. The summed E-state index contributed by atoms with van der Waals surface area (Å²) in [4.78, 5) is 22.0. The van der Waals surface area contributed by atoms with Crippen molar-refractivity contribution in [2.24, 2.45) is 5.73 Å². The van der Waals surface area contributed by atoms with Gasteiger partial charge in [-0.2, -0.15) is 0 Å². The van der Waals surface area contributed by atoms with Crippen molar-refractivity contribution < 1.29 is 28.2 Å². The lowest BCUT2D eigenvalue weighted by Crippen LogP contribution is -2.50. The minimum absolute atomic E-state index is 0.245. The maximum atomic E-state index is 12.4. The zero-order chi connectivity index (χ0) is 15.6. The van der Waals surface area contributed by atoms with Crippen molar-refractivity contribution in [3.8, 4) is 0 Å². The Labute approximate surface area is 115 Å². The van der Waals surface area contributed by atoms with E-state index in [0.717, 1.165) is 0 Å². The predicted molar refractivity (Wildman–Crippen MR) is 70.8 cm³/mol. The van der Waals surface area contributed by atoms with Gasteiger partial charge in [0.05, 0.1) is 0 Å². The van der Waals surface area contributed by atoms with E-state index in [4.69, 9.17) is 15.9 Å². The number of aliphatic carboxylic acids is 2. The van der Waals surface area contributed by atoms with Gasteiger partial charge in [0.2, 0.25) is 0 Å². The molecule has 1 aromatic rings. The highest BCUT2D eigenvalue weighted by Gasteiger charge is 2.51. The number of sulfone groups is 1. The number of carboxylic acids is 2. The molecule has 0 aliphatic carbocycles. The van der Waals surface area contributed by atoms with Crippen LogP contribution in [0.25, 0.3) is 0 Å². The maximum absolute atomic E-state index is 12.4. The molecule has 20 heavy (non-hydrogen) atoms. The Morgan fingerprint density at radius 2 is 1.65 bits per heavy atom. The number of benzene rings is 1. The summed E-state index contributed by atoms with van der Waals surface area (Å²) < 4.78 is 23.1. The average molecular weight is 301 g/mol. The van der Waals surface area contributed by atoms with Gasteiger partial charge in [0.25, 0.3) is 5.25 Å². The topological polar surface area (TPSA) is 135 Å². The van der Waals surface area contributed by atoms with Crippen LogP contribution in [0, 0.1) is 0 Å². The predicted octanol–water partition coefficient (Wildman–Crippen LogP) is -0.187. The lowest BCUT2D eigenvalue weighted by molar-refractivity contribution is -0.146. The molecule has 110 valence electrons. The van der Waals surface area contributed by atoms with Crippen LogP contribution in [0.1, 0.15) is 12.5 Å². The van der Waals surface area contributed by atoms with Gasteiger partial charge < -0.3 is 15.9 Å². The molecule has 0 aliphatic heterocycles. The van der Waals surface area contributed by atoms with Crippen LogP contribution in [0.3, 0.4) is 0 Å². The van der Waals surface area contributed by atoms with E-state index in [0.29, 0.717) is 0 Å². The van der Waals surface area contributed by atoms with Crippen LogP contribution in [0.2, 0.25) is 0 Å². The van der Waals surface area contributed by atoms with E-state index >= 15 is 0 Å². The van der Waals surface area contributed by atoms with Crippen LogP contribution < -0.4 is 5.73 Å². The first-order chi connectivity index (χ1) is 9.18. The Morgan fingerprint density at radius 3 is 2.00 bits per heavy atom. The van der Waals surface area contributed by atoms with E-state index in [9.17, 15) is 18.0 Å². The second kappa shape index (κ2) is 5.59. The fourth-order valence-corrected chi connectivity index (χ4v) is 3.57. The van der Waals surface area contributed by atoms with Crippen molar-refractivity contribution in [2.75, 3.05) is 6.54 Å². The molecular weight excluding hydrogens is 286 g/mol. The summed E-state index contributed by atoms with van der Waals surface area (Å²) in [6.45, 7) is 0.785. The molecule has 0 bridgehead atoms. The van der Waals surface area contributed by atoms with Crippen LogP contribution >= 0.6 is 0 Å². The van der Waals surface area contributed by atoms with Gasteiger partial charge in [-0.15, -0.1) is 0 Å². The normalized spacial score (nSPS) is 14.8. The van der Waals surface area contributed by atoms with Crippen LogP contribution in [-0.4, -0.2) is 42.4 Å². The molecule has 0 heterocycles. The third kappa shape index (κ3) is 2.52. The van der Waals surface area contributed by atoms with E-state index in [1.54, 1.807) is 18.2 Å². The highest BCUT2D eigenvalue weighted by atomic mass is 32.2. The molecule has 0 amide bonds. The average Bonchev–Trinajstić information content (AvgIpc) is 2.37. The third-order valence-corrected chi connectivity index (χ3v) is 5.84. The van der Waals surface area contributed by atoms with Gasteiger partial charge in [-0.05, 0) is 12.5 Å². The molecule has 1 atom stereocenters. The maximum Gasteiger partial charge on any atom is 0.333 e. The third-order valence-electron chi connectivity index (χ3n) is 3.16. The lowest BCUT2D eigenvalue weighted by Gasteiger charge is -2.30. The number of hydrogen-bond donors (Lipinski definition) is 3. The van der Waals surface area contributed by atoms with Gasteiger partial charge in [-0.1, -0.05) is 30.3 Å². The Morgan fingerprint density at radius 1 is 1.20 bits per heavy atom. The van der Waals surface area contributed by atoms with Crippen LogP contribution in [0.15, 0.2) is 30.3 Å². The molecule has 0 aliphatic rings. The van der Waals surface area contributed by atoms with Crippen molar-refractivity contribution in [1.29, 1.82) is 0 Å². The van der Waals surface area contributed by atoms with Crippen molar-refractivity contribution in [2.45, 2.75) is 16.9 Å². The Bertz CT molecular complexity index is 598. The Balaban J connectivity index is 3.50. The Kier molecular flexibility index (Phi) is 4.51. The quantitative estimate of drug-likeness (QED) is 0.620. The summed E-state index contributed by atoms with van der Waals surface area (Å²) >= 11 is 0. The first-order valence-electron chi connectivity index (χ1n) is 5.63. The van der Waals surface area contributed by atoms with E-state index < -0.39 is 38.3 Å². The van der Waals surface area contributed by atoms with Crippen molar-refractivity contribution in [3.63, 3.8) is 0 Å².